The Morgan fingerprint density at radius 2 is 0.750 bits per heavy atom. The molecule has 0 aliphatic heterocycles. The Morgan fingerprint density at radius 3 is 0.750 bits per heavy atom. The van der Waals surface area contributed by atoms with Gasteiger partial charge in [0.2, 0.25) is 0 Å². The van der Waals surface area contributed by atoms with Gasteiger partial charge in [-0.1, -0.05) is 0 Å². The Hall–Kier alpha value is 1.91. The fraction of sp³-hybridized carbons (Fsp3) is 0. The molecule has 0 saturated heterocycles. The van der Waals surface area contributed by atoms with Crippen LogP contribution in [0.1, 0.15) is 0 Å². The second-order valence-electron chi connectivity index (χ2n) is 0. The summed E-state index contributed by atoms with van der Waals surface area (Å²) in [6.45, 7) is 0. The van der Waals surface area contributed by atoms with Crippen molar-refractivity contribution in [3.05, 3.63) is 0 Å². The SMILES string of the molecule is [Ru+3].[S-2].[S-2].[V]. The summed E-state index contributed by atoms with van der Waals surface area (Å²) < 4.78 is 0. The van der Waals surface area contributed by atoms with Crippen LogP contribution in [-0.4, -0.2) is 0 Å². The van der Waals surface area contributed by atoms with Gasteiger partial charge in [0.15, 0.2) is 0 Å². The summed E-state index contributed by atoms with van der Waals surface area (Å²) in [6.07, 6.45) is 0. The molecule has 0 atom stereocenters. The molecule has 4 heavy (non-hydrogen) atoms. The molecule has 0 bridgehead atoms. The van der Waals surface area contributed by atoms with Gasteiger partial charge < -0.3 is 27.0 Å². The van der Waals surface area contributed by atoms with Gasteiger partial charge in [0.05, 0.1) is 0 Å². The number of hydrogen-bond acceptors (Lipinski definition) is 0. The van der Waals surface area contributed by atoms with E-state index in [1.54, 1.807) is 0 Å². The molecule has 0 N–H and O–H groups in total. The van der Waals surface area contributed by atoms with Gasteiger partial charge in [0, 0.05) is 18.6 Å². The second-order valence-corrected chi connectivity index (χ2v) is 0. The summed E-state index contributed by atoms with van der Waals surface area (Å²) >= 11 is 0. The third-order valence-electron chi connectivity index (χ3n) is 0. The van der Waals surface area contributed by atoms with Crippen LogP contribution in [0.3, 0.4) is 0 Å². The molecule has 0 aromatic rings. The molecule has 0 aliphatic carbocycles. The fourth-order valence-corrected chi connectivity index (χ4v) is 0. The first-order valence-corrected chi connectivity index (χ1v) is 0. The zero-order valence-electron chi connectivity index (χ0n) is 1.62. The summed E-state index contributed by atoms with van der Waals surface area (Å²) in [6, 6.07) is 0. The smallest absolute Gasteiger partial charge is 2.00 e. The van der Waals surface area contributed by atoms with Gasteiger partial charge in [-0.05, 0) is 0 Å². The summed E-state index contributed by atoms with van der Waals surface area (Å²) in [5, 5.41) is 0. The van der Waals surface area contributed by atoms with Gasteiger partial charge >= 0.3 is 19.5 Å². The summed E-state index contributed by atoms with van der Waals surface area (Å²) in [5.41, 5.74) is 0. The first kappa shape index (κ1) is 39.1. The Kier molecular flexibility index (Phi) is 201. The normalized spacial score (nSPS) is 0. The molecular weight excluding hydrogens is 216 g/mol. The molecule has 0 unspecified atom stereocenters. The molecule has 0 rings (SSSR count). The van der Waals surface area contributed by atoms with Crippen LogP contribution in [0.2, 0.25) is 0 Å². The molecule has 2 radical (unpaired) electrons. The van der Waals surface area contributed by atoms with Crippen molar-refractivity contribution < 1.29 is 38.0 Å². The van der Waals surface area contributed by atoms with E-state index in [-0.39, 0.29) is 65.0 Å². The van der Waals surface area contributed by atoms with Crippen molar-refractivity contribution in [1.29, 1.82) is 0 Å². The van der Waals surface area contributed by atoms with E-state index in [9.17, 15) is 0 Å². The van der Waals surface area contributed by atoms with Crippen molar-refractivity contribution in [2.75, 3.05) is 0 Å². The number of hydrogen-bond donors (Lipinski definition) is 0. The van der Waals surface area contributed by atoms with Crippen LogP contribution >= 0.6 is 0 Å². The van der Waals surface area contributed by atoms with E-state index < -0.39 is 0 Å². The Morgan fingerprint density at radius 1 is 0.750 bits per heavy atom. The molecule has 0 spiro atoms. The zero-order valence-corrected chi connectivity index (χ0v) is 6.39. The quantitative estimate of drug-likeness (QED) is 0.500. The van der Waals surface area contributed by atoms with Crippen LogP contribution < -0.4 is 0 Å². The van der Waals surface area contributed by atoms with Crippen LogP contribution in [-0.2, 0) is 65.0 Å². The maximum Gasteiger partial charge on any atom is 3.00 e. The minimum atomic E-state index is 0. The minimum Gasteiger partial charge on any atom is -2.00 e. The summed E-state index contributed by atoms with van der Waals surface area (Å²) in [7, 11) is 0. The van der Waals surface area contributed by atoms with Gasteiger partial charge in [0.25, 0.3) is 0 Å². The standard InChI is InChI=1S/Ru.2S.V/q+3;2*-2;. The van der Waals surface area contributed by atoms with E-state index in [0.717, 1.165) is 0 Å². The predicted octanol–water partition coefficient (Wildman–Crippen LogP) is -0.00980. The molecule has 26 valence electrons. The van der Waals surface area contributed by atoms with Gasteiger partial charge in [-0.25, -0.2) is 0 Å². The van der Waals surface area contributed by atoms with E-state index in [0.29, 0.717) is 0 Å². The maximum atomic E-state index is 0. The van der Waals surface area contributed by atoms with E-state index in [1.165, 1.54) is 0 Å². The molecule has 0 fully saturated rings. The largest absolute Gasteiger partial charge is 3.00 e. The molecule has 0 aromatic heterocycles. The molecule has 0 aliphatic rings. The summed E-state index contributed by atoms with van der Waals surface area (Å²) in [4.78, 5) is 0. The van der Waals surface area contributed by atoms with E-state index >= 15 is 0 Å². The van der Waals surface area contributed by atoms with Gasteiger partial charge in [-0.2, -0.15) is 0 Å². The predicted molar refractivity (Wildman–Crippen MR) is 14.7 cm³/mol. The Labute approximate surface area is 64.6 Å². The molecule has 0 nitrogen and oxygen atoms in total. The van der Waals surface area contributed by atoms with Crippen LogP contribution in [0, 0.1) is 0 Å². The topological polar surface area (TPSA) is 0 Å². The summed E-state index contributed by atoms with van der Waals surface area (Å²) in [5.74, 6) is 0. The van der Waals surface area contributed by atoms with E-state index in [1.807, 2.05) is 0 Å². The first-order chi connectivity index (χ1) is 0. The van der Waals surface area contributed by atoms with Crippen molar-refractivity contribution in [3.8, 4) is 0 Å². The average Bonchev–Trinajstić information content (AvgIpc) is 0. The van der Waals surface area contributed by atoms with Crippen molar-refractivity contribution in [2.45, 2.75) is 0 Å². The molecule has 4 heteroatoms. The Bertz CT molecular complexity index is 6.00. The van der Waals surface area contributed by atoms with Crippen LogP contribution in [0.25, 0.3) is 0 Å². The molecule has 0 heterocycles. The van der Waals surface area contributed by atoms with Crippen molar-refractivity contribution >= 4 is 27.0 Å². The van der Waals surface area contributed by atoms with Gasteiger partial charge in [-0.15, -0.1) is 0 Å². The molecule has 0 aromatic carbocycles. The molecule has 0 saturated carbocycles. The van der Waals surface area contributed by atoms with Crippen molar-refractivity contribution in [1.82, 2.24) is 0 Å². The number of rotatable bonds is 0. The molecule has 0 amide bonds. The van der Waals surface area contributed by atoms with Gasteiger partial charge in [-0.3, -0.25) is 0 Å². The van der Waals surface area contributed by atoms with Gasteiger partial charge in [0.1, 0.15) is 0 Å². The maximum absolute atomic E-state index is 0. The van der Waals surface area contributed by atoms with E-state index in [4.69, 9.17) is 0 Å². The minimum absolute atomic E-state index is 0. The average molecular weight is 216 g/mol. The first-order valence-electron chi connectivity index (χ1n) is 0. The van der Waals surface area contributed by atoms with Crippen molar-refractivity contribution in [2.24, 2.45) is 0 Å². The molecular formula is RuS2V-. The fourth-order valence-electron chi connectivity index (χ4n) is 0. The van der Waals surface area contributed by atoms with Crippen LogP contribution in [0.15, 0.2) is 0 Å². The Balaban J connectivity index is 0. The second kappa shape index (κ2) is 20.6. The third-order valence-corrected chi connectivity index (χ3v) is 0. The zero-order chi connectivity index (χ0) is 0. The van der Waals surface area contributed by atoms with Crippen molar-refractivity contribution in [3.63, 3.8) is 0 Å². The monoisotopic (exact) mass is 217 g/mol. The van der Waals surface area contributed by atoms with E-state index in [2.05, 4.69) is 0 Å². The van der Waals surface area contributed by atoms with Crippen LogP contribution in [0.5, 0.6) is 0 Å². The third kappa shape index (κ3) is 9.08. The van der Waals surface area contributed by atoms with Crippen LogP contribution in [0.4, 0.5) is 0 Å².